The largest absolute Gasteiger partial charge is 1.00 e. The standard InChI is InChI=1S/C2H4O2.CH2O2.Na/c1-2(3)4;2-1-3;/h1H3,(H,3,4);1H,(H,2,3);/q;;+1/p-1. The van der Waals surface area contributed by atoms with Gasteiger partial charge in [0.1, 0.15) is 0 Å². The Kier molecular flexibility index (Phi) is 30.9. The number of hydrogen-bond acceptors (Lipinski definition) is 3. The molecule has 0 heterocycles. The fraction of sp³-hybridized carbons (Fsp3) is 0.333. The molecule has 0 aromatic carbocycles. The molecule has 0 rings (SSSR count). The van der Waals surface area contributed by atoms with Gasteiger partial charge in [0.2, 0.25) is 0 Å². The average Bonchev–Trinajstić information content (AvgIpc) is 1.33. The van der Waals surface area contributed by atoms with Crippen molar-refractivity contribution in [1.82, 2.24) is 0 Å². The molecule has 0 radical (unpaired) electrons. The van der Waals surface area contributed by atoms with E-state index in [2.05, 4.69) is 0 Å². The van der Waals surface area contributed by atoms with Crippen LogP contribution in [0.3, 0.4) is 0 Å². The molecule has 0 saturated heterocycles. The van der Waals surface area contributed by atoms with Crippen LogP contribution >= 0.6 is 0 Å². The summed E-state index contributed by atoms with van der Waals surface area (Å²) in [5, 5.41) is 15.8. The summed E-state index contributed by atoms with van der Waals surface area (Å²) in [6, 6.07) is 0. The number of rotatable bonds is 0. The van der Waals surface area contributed by atoms with E-state index in [9.17, 15) is 0 Å². The van der Waals surface area contributed by atoms with Gasteiger partial charge in [-0.25, -0.2) is 0 Å². The quantitative estimate of drug-likeness (QED) is 0.263. The summed E-state index contributed by atoms with van der Waals surface area (Å²) in [5.41, 5.74) is 0. The van der Waals surface area contributed by atoms with Crippen molar-refractivity contribution in [3.8, 4) is 0 Å². The third-order valence-corrected chi connectivity index (χ3v) is 0. The van der Waals surface area contributed by atoms with E-state index < -0.39 is 5.97 Å². The van der Waals surface area contributed by atoms with Crippen LogP contribution in [-0.4, -0.2) is 17.5 Å². The van der Waals surface area contributed by atoms with Gasteiger partial charge >= 0.3 is 29.6 Å². The fourth-order valence-corrected chi connectivity index (χ4v) is 0. The first-order valence-electron chi connectivity index (χ1n) is 1.40. The topological polar surface area (TPSA) is 77.4 Å². The summed E-state index contributed by atoms with van der Waals surface area (Å²) in [4.78, 5) is 17.2. The normalized spacial score (nSPS) is 4.62. The molecule has 5 heteroatoms. The Morgan fingerprint density at radius 2 is 1.75 bits per heavy atom. The maximum Gasteiger partial charge on any atom is 1.00 e. The van der Waals surface area contributed by atoms with Crippen molar-refractivity contribution in [2.24, 2.45) is 0 Å². The Morgan fingerprint density at radius 3 is 1.75 bits per heavy atom. The summed E-state index contributed by atoms with van der Waals surface area (Å²) in [5.74, 6) is -1.08. The van der Waals surface area contributed by atoms with Crippen molar-refractivity contribution < 1.29 is 49.4 Å². The number of carboxylic acids is 1. The molecule has 42 valence electrons. The maximum atomic E-state index is 8.89. The van der Waals surface area contributed by atoms with E-state index in [4.69, 9.17) is 19.8 Å². The van der Waals surface area contributed by atoms with E-state index >= 15 is 0 Å². The second-order valence-corrected chi connectivity index (χ2v) is 0.597. The first-order valence-corrected chi connectivity index (χ1v) is 1.40. The second kappa shape index (κ2) is 15.8. The molecular formula is C3H5NaO4. The minimum Gasteiger partial charge on any atom is -0.550 e. The van der Waals surface area contributed by atoms with Gasteiger partial charge in [-0.2, -0.15) is 0 Å². The van der Waals surface area contributed by atoms with E-state index in [1.54, 1.807) is 0 Å². The minimum atomic E-state index is -1.08. The fourth-order valence-electron chi connectivity index (χ4n) is 0. The van der Waals surface area contributed by atoms with Crippen LogP contribution in [-0.2, 0) is 9.59 Å². The van der Waals surface area contributed by atoms with Gasteiger partial charge in [-0.05, 0) is 6.92 Å². The third kappa shape index (κ3) is 40300. The van der Waals surface area contributed by atoms with Gasteiger partial charge in [0.25, 0.3) is 6.47 Å². The molecule has 0 amide bonds. The molecule has 0 aromatic rings. The number of carboxylic acid groups (broad SMARTS) is 2. The zero-order valence-electron chi connectivity index (χ0n) is 4.75. The van der Waals surface area contributed by atoms with Crippen LogP contribution < -0.4 is 34.7 Å². The molecule has 0 fully saturated rings. The minimum absolute atomic E-state index is 0. The Labute approximate surface area is 68.8 Å². The molecule has 0 saturated carbocycles. The van der Waals surface area contributed by atoms with Crippen LogP contribution in [0.4, 0.5) is 0 Å². The van der Waals surface area contributed by atoms with Gasteiger partial charge in [-0.1, -0.05) is 0 Å². The first kappa shape index (κ1) is 15.7. The van der Waals surface area contributed by atoms with Crippen LogP contribution in [0.25, 0.3) is 0 Å². The van der Waals surface area contributed by atoms with E-state index in [0.29, 0.717) is 0 Å². The SMILES string of the molecule is CC(=O)[O-].O=CO.[Na+]. The van der Waals surface area contributed by atoms with Crippen molar-refractivity contribution in [3.63, 3.8) is 0 Å². The van der Waals surface area contributed by atoms with E-state index in [1.165, 1.54) is 0 Å². The summed E-state index contributed by atoms with van der Waals surface area (Å²) < 4.78 is 0. The molecule has 0 bridgehead atoms. The zero-order valence-corrected chi connectivity index (χ0v) is 6.75. The molecule has 0 aliphatic carbocycles. The summed E-state index contributed by atoms with van der Waals surface area (Å²) in [6.07, 6.45) is 0. The van der Waals surface area contributed by atoms with Crippen LogP contribution in [0, 0.1) is 0 Å². The Hall–Kier alpha value is -0.0600. The molecule has 0 aromatic heterocycles. The summed E-state index contributed by atoms with van der Waals surface area (Å²) in [7, 11) is 0. The molecule has 0 unspecified atom stereocenters. The number of hydrogen-bond donors (Lipinski definition) is 1. The number of carbonyl (C=O) groups is 2. The van der Waals surface area contributed by atoms with Gasteiger partial charge in [-0.3, -0.25) is 4.79 Å². The molecule has 0 aliphatic heterocycles. The number of aliphatic carboxylic acids is 1. The third-order valence-electron chi connectivity index (χ3n) is 0. The Balaban J connectivity index is -0.0000000575. The predicted molar refractivity (Wildman–Crippen MR) is 19.4 cm³/mol. The number of carbonyl (C=O) groups excluding carboxylic acids is 1. The van der Waals surface area contributed by atoms with Crippen molar-refractivity contribution >= 4 is 12.4 Å². The van der Waals surface area contributed by atoms with Gasteiger partial charge in [0, 0.05) is 5.97 Å². The van der Waals surface area contributed by atoms with Crippen molar-refractivity contribution in [2.75, 3.05) is 0 Å². The first-order chi connectivity index (χ1) is 3.15. The molecule has 4 nitrogen and oxygen atoms in total. The monoisotopic (exact) mass is 128 g/mol. The van der Waals surface area contributed by atoms with Crippen LogP contribution in [0.5, 0.6) is 0 Å². The molecule has 0 aliphatic rings. The second-order valence-electron chi connectivity index (χ2n) is 0.597. The average molecular weight is 128 g/mol. The van der Waals surface area contributed by atoms with E-state index in [0.717, 1.165) is 6.92 Å². The predicted octanol–water partition coefficient (Wildman–Crippen LogP) is -4.54. The van der Waals surface area contributed by atoms with Crippen LogP contribution in [0.2, 0.25) is 0 Å². The summed E-state index contributed by atoms with van der Waals surface area (Å²) in [6.45, 7) is 0.722. The van der Waals surface area contributed by atoms with Gasteiger partial charge in [-0.15, -0.1) is 0 Å². The van der Waals surface area contributed by atoms with Crippen molar-refractivity contribution in [3.05, 3.63) is 0 Å². The molecule has 8 heavy (non-hydrogen) atoms. The Morgan fingerprint density at radius 1 is 1.75 bits per heavy atom. The van der Waals surface area contributed by atoms with Crippen molar-refractivity contribution in [1.29, 1.82) is 0 Å². The Bertz CT molecular complexity index is 58.3. The molecular weight excluding hydrogens is 123 g/mol. The van der Waals surface area contributed by atoms with Crippen LogP contribution in [0.1, 0.15) is 6.92 Å². The molecule has 0 atom stereocenters. The van der Waals surface area contributed by atoms with Gasteiger partial charge in [0.15, 0.2) is 0 Å². The summed E-state index contributed by atoms with van der Waals surface area (Å²) >= 11 is 0. The van der Waals surface area contributed by atoms with Gasteiger partial charge in [0.05, 0.1) is 0 Å². The smallest absolute Gasteiger partial charge is 0.550 e. The van der Waals surface area contributed by atoms with Crippen molar-refractivity contribution in [2.45, 2.75) is 6.92 Å². The van der Waals surface area contributed by atoms with Crippen LogP contribution in [0.15, 0.2) is 0 Å². The van der Waals surface area contributed by atoms with Gasteiger partial charge < -0.3 is 15.0 Å². The van der Waals surface area contributed by atoms with E-state index in [1.807, 2.05) is 0 Å². The van der Waals surface area contributed by atoms with E-state index in [-0.39, 0.29) is 36.0 Å². The maximum absolute atomic E-state index is 8.89. The molecule has 1 N–H and O–H groups in total. The zero-order chi connectivity index (χ0) is 6.28. The molecule has 0 spiro atoms.